The summed E-state index contributed by atoms with van der Waals surface area (Å²) in [6.45, 7) is 8.71. The molecule has 0 radical (unpaired) electrons. The van der Waals surface area contributed by atoms with E-state index in [-0.39, 0.29) is 0 Å². The molecule has 17 heavy (non-hydrogen) atoms. The first-order valence-corrected chi connectivity index (χ1v) is 6.19. The number of allylic oxidation sites excluding steroid dienone is 5. The summed E-state index contributed by atoms with van der Waals surface area (Å²) in [6, 6.07) is 8.74. The van der Waals surface area contributed by atoms with Crippen LogP contribution in [0, 0.1) is 0 Å². The highest BCUT2D eigenvalue weighted by atomic mass is 14.2. The van der Waals surface area contributed by atoms with E-state index >= 15 is 0 Å². The molecule has 0 N–H and O–H groups in total. The van der Waals surface area contributed by atoms with Gasteiger partial charge in [-0.2, -0.15) is 0 Å². The zero-order valence-corrected chi connectivity index (χ0v) is 11.2. The lowest BCUT2D eigenvalue weighted by Crippen LogP contribution is -1.83. The van der Waals surface area contributed by atoms with Gasteiger partial charge in [0, 0.05) is 0 Å². The highest BCUT2D eigenvalue weighted by molar-refractivity contribution is 5.69. The Morgan fingerprint density at radius 2 is 1.82 bits per heavy atom. The second kappa shape index (κ2) is 4.75. The summed E-state index contributed by atoms with van der Waals surface area (Å²) >= 11 is 0. The monoisotopic (exact) mass is 224 g/mol. The van der Waals surface area contributed by atoms with E-state index in [1.54, 1.807) is 0 Å². The molecule has 1 aliphatic carbocycles. The molecule has 0 aliphatic heterocycles. The average Bonchev–Trinajstić information content (AvgIpc) is 3.02. The van der Waals surface area contributed by atoms with Crippen LogP contribution in [0.15, 0.2) is 47.1 Å². The van der Waals surface area contributed by atoms with E-state index in [0.29, 0.717) is 0 Å². The first-order valence-electron chi connectivity index (χ1n) is 6.19. The van der Waals surface area contributed by atoms with Crippen LogP contribution >= 0.6 is 0 Å². The van der Waals surface area contributed by atoms with E-state index in [1.807, 2.05) is 0 Å². The van der Waals surface area contributed by atoms with Crippen molar-refractivity contribution >= 4 is 11.6 Å². The van der Waals surface area contributed by atoms with Gasteiger partial charge in [-0.1, -0.05) is 41.5 Å². The summed E-state index contributed by atoms with van der Waals surface area (Å²) in [5.74, 6) is 0. The van der Waals surface area contributed by atoms with Crippen LogP contribution < -0.4 is 0 Å². The van der Waals surface area contributed by atoms with Gasteiger partial charge < -0.3 is 0 Å². The van der Waals surface area contributed by atoms with Gasteiger partial charge in [-0.15, -0.1) is 0 Å². The van der Waals surface area contributed by atoms with E-state index in [9.17, 15) is 0 Å². The third kappa shape index (κ3) is 2.97. The molecule has 0 aromatic heterocycles. The second-order valence-corrected chi connectivity index (χ2v) is 5.07. The molecule has 0 saturated heterocycles. The summed E-state index contributed by atoms with van der Waals surface area (Å²) < 4.78 is 0. The zero-order chi connectivity index (χ0) is 12.4. The summed E-state index contributed by atoms with van der Waals surface area (Å²) in [6.07, 6.45) is 5.66. The van der Waals surface area contributed by atoms with Crippen LogP contribution in [0.5, 0.6) is 0 Å². The van der Waals surface area contributed by atoms with Gasteiger partial charge in [0.2, 0.25) is 0 Å². The van der Waals surface area contributed by atoms with Crippen molar-refractivity contribution in [2.75, 3.05) is 0 Å². The molecule has 1 aromatic rings. The standard InChI is InChI=1S/C17H20/c1-12(2)14(4)17-7-5-6-15(11-17)8-9-16-10-13(16)3/h5-9,11H,10H2,1-4H3/b9-8-. The van der Waals surface area contributed by atoms with Crippen molar-refractivity contribution in [1.82, 2.24) is 0 Å². The van der Waals surface area contributed by atoms with Gasteiger partial charge in [0.25, 0.3) is 0 Å². The lowest BCUT2D eigenvalue weighted by Gasteiger charge is -2.05. The van der Waals surface area contributed by atoms with E-state index in [0.717, 1.165) is 0 Å². The molecular weight excluding hydrogens is 204 g/mol. The molecule has 0 unspecified atom stereocenters. The molecule has 0 nitrogen and oxygen atoms in total. The molecule has 0 spiro atoms. The molecule has 0 atom stereocenters. The Balaban J connectivity index is 2.23. The van der Waals surface area contributed by atoms with Gasteiger partial charge >= 0.3 is 0 Å². The summed E-state index contributed by atoms with van der Waals surface area (Å²) in [4.78, 5) is 0. The zero-order valence-electron chi connectivity index (χ0n) is 11.2. The molecule has 1 aromatic carbocycles. The molecule has 1 aliphatic rings. The number of hydrogen-bond acceptors (Lipinski definition) is 0. The topological polar surface area (TPSA) is 0 Å². The second-order valence-electron chi connectivity index (χ2n) is 5.07. The fourth-order valence-corrected chi connectivity index (χ4v) is 1.80. The molecule has 0 amide bonds. The molecule has 0 fully saturated rings. The van der Waals surface area contributed by atoms with E-state index in [4.69, 9.17) is 0 Å². The Bertz CT molecular complexity index is 521. The van der Waals surface area contributed by atoms with Crippen molar-refractivity contribution in [2.24, 2.45) is 0 Å². The van der Waals surface area contributed by atoms with Gasteiger partial charge in [-0.25, -0.2) is 0 Å². The molecular formula is C17H20. The molecule has 0 heterocycles. The lowest BCUT2D eigenvalue weighted by molar-refractivity contribution is 1.36. The Kier molecular flexibility index (Phi) is 3.33. The van der Waals surface area contributed by atoms with E-state index in [2.05, 4.69) is 64.1 Å². The number of benzene rings is 1. The molecule has 2 rings (SSSR count). The van der Waals surface area contributed by atoms with Crippen molar-refractivity contribution in [3.63, 3.8) is 0 Å². The van der Waals surface area contributed by atoms with E-state index in [1.165, 1.54) is 39.8 Å². The normalized spacial score (nSPS) is 14.4. The third-order valence-electron chi connectivity index (χ3n) is 3.43. The number of rotatable bonds is 3. The van der Waals surface area contributed by atoms with Gasteiger partial charge in [-0.3, -0.25) is 0 Å². The summed E-state index contributed by atoms with van der Waals surface area (Å²) in [5, 5.41) is 0. The van der Waals surface area contributed by atoms with Crippen LogP contribution in [0.2, 0.25) is 0 Å². The predicted octanol–water partition coefficient (Wildman–Crippen LogP) is 5.23. The third-order valence-corrected chi connectivity index (χ3v) is 3.43. The quantitative estimate of drug-likeness (QED) is 0.659. The van der Waals surface area contributed by atoms with Crippen LogP contribution in [0.3, 0.4) is 0 Å². The first-order chi connectivity index (χ1) is 8.08. The fourth-order valence-electron chi connectivity index (χ4n) is 1.80. The van der Waals surface area contributed by atoms with Crippen LogP contribution in [-0.2, 0) is 0 Å². The summed E-state index contributed by atoms with van der Waals surface area (Å²) in [7, 11) is 0. The minimum absolute atomic E-state index is 1.20. The van der Waals surface area contributed by atoms with E-state index < -0.39 is 0 Å². The molecule has 0 saturated carbocycles. The average molecular weight is 224 g/mol. The fraction of sp³-hybridized carbons (Fsp3) is 0.294. The first kappa shape index (κ1) is 11.9. The van der Waals surface area contributed by atoms with Crippen LogP contribution in [-0.4, -0.2) is 0 Å². The maximum atomic E-state index is 2.26. The van der Waals surface area contributed by atoms with Gasteiger partial charge in [0.05, 0.1) is 0 Å². The van der Waals surface area contributed by atoms with Gasteiger partial charge in [0.15, 0.2) is 0 Å². The lowest BCUT2D eigenvalue weighted by atomic mass is 10.0. The van der Waals surface area contributed by atoms with Gasteiger partial charge in [-0.05, 0) is 62.5 Å². The van der Waals surface area contributed by atoms with Crippen LogP contribution in [0.1, 0.15) is 45.2 Å². The minimum atomic E-state index is 1.20. The Hall–Kier alpha value is -1.56. The smallest absolute Gasteiger partial charge is 0.00644 e. The Morgan fingerprint density at radius 3 is 2.41 bits per heavy atom. The number of hydrogen-bond donors (Lipinski definition) is 0. The van der Waals surface area contributed by atoms with Gasteiger partial charge in [0.1, 0.15) is 0 Å². The largest absolute Gasteiger partial charge is 0.0729 e. The van der Waals surface area contributed by atoms with Crippen LogP contribution in [0.25, 0.3) is 11.6 Å². The van der Waals surface area contributed by atoms with Crippen molar-refractivity contribution in [3.05, 3.63) is 58.2 Å². The van der Waals surface area contributed by atoms with Crippen LogP contribution in [0.4, 0.5) is 0 Å². The minimum Gasteiger partial charge on any atom is -0.0729 e. The highest BCUT2D eigenvalue weighted by Gasteiger charge is 2.11. The molecule has 88 valence electrons. The Labute approximate surface area is 104 Å². The van der Waals surface area contributed by atoms with Crippen molar-refractivity contribution in [1.29, 1.82) is 0 Å². The predicted molar refractivity (Wildman–Crippen MR) is 76.7 cm³/mol. The highest BCUT2D eigenvalue weighted by Crippen LogP contribution is 2.31. The molecule has 0 heteroatoms. The van der Waals surface area contributed by atoms with Crippen molar-refractivity contribution in [3.8, 4) is 0 Å². The van der Waals surface area contributed by atoms with Crippen molar-refractivity contribution < 1.29 is 0 Å². The summed E-state index contributed by atoms with van der Waals surface area (Å²) in [5.41, 5.74) is 8.39. The Morgan fingerprint density at radius 1 is 1.12 bits per heavy atom. The maximum absolute atomic E-state index is 2.26. The maximum Gasteiger partial charge on any atom is -0.00644 e. The molecule has 0 bridgehead atoms. The SMILES string of the molecule is CC(C)=C(C)c1cccc(/C=C\C2=C(C)C2)c1. The van der Waals surface area contributed by atoms with Crippen molar-refractivity contribution in [2.45, 2.75) is 34.1 Å².